The Labute approximate surface area is 149 Å². The number of hydrogen-bond donors (Lipinski definition) is 4. The molecular formula is C15H26Cl2N4O2. The number of carbonyl (C=O) groups excluding carboxylic acids is 1. The highest BCUT2D eigenvalue weighted by molar-refractivity contribution is 5.85. The van der Waals surface area contributed by atoms with E-state index >= 15 is 0 Å². The molecule has 1 heterocycles. The normalized spacial score (nSPS) is 23.2. The lowest BCUT2D eigenvalue weighted by atomic mass is 9.84. The molecule has 1 amide bonds. The highest BCUT2D eigenvalue weighted by Gasteiger charge is 2.30. The molecule has 1 saturated carbocycles. The van der Waals surface area contributed by atoms with Crippen LogP contribution in [0.3, 0.4) is 0 Å². The van der Waals surface area contributed by atoms with Gasteiger partial charge in [-0.2, -0.15) is 0 Å². The van der Waals surface area contributed by atoms with Gasteiger partial charge in [-0.15, -0.1) is 24.8 Å². The number of aliphatic hydroxyl groups excluding tert-OH is 1. The fraction of sp³-hybridized carbons (Fsp3) is 0.600. The number of nitrogens with zero attached hydrogens (tertiary/aromatic N) is 1. The van der Waals surface area contributed by atoms with Crippen molar-refractivity contribution in [3.05, 3.63) is 24.0 Å². The highest BCUT2D eigenvalue weighted by atomic mass is 35.5. The SMILES string of the molecule is Cc1cnccc1NCCNC(=O)[C@H]1CC[C@H](N)[C@@H](O)C1.Cl.Cl. The number of halogens is 2. The molecule has 1 aliphatic rings. The first-order valence-electron chi connectivity index (χ1n) is 7.43. The van der Waals surface area contributed by atoms with Gasteiger partial charge in [0.1, 0.15) is 0 Å². The van der Waals surface area contributed by atoms with E-state index in [1.165, 1.54) is 0 Å². The van der Waals surface area contributed by atoms with Crippen molar-refractivity contribution >= 4 is 36.4 Å². The first-order chi connectivity index (χ1) is 10.1. The molecule has 2 rings (SSSR count). The van der Waals surface area contributed by atoms with Crippen LogP contribution in [0.15, 0.2) is 18.5 Å². The van der Waals surface area contributed by atoms with Crippen LogP contribution in [0.5, 0.6) is 0 Å². The number of pyridine rings is 1. The third-order valence-electron chi connectivity index (χ3n) is 4.00. The van der Waals surface area contributed by atoms with E-state index in [2.05, 4.69) is 15.6 Å². The summed E-state index contributed by atoms with van der Waals surface area (Å²) in [7, 11) is 0. The van der Waals surface area contributed by atoms with Crippen molar-refractivity contribution < 1.29 is 9.90 Å². The summed E-state index contributed by atoms with van der Waals surface area (Å²) in [6.45, 7) is 3.20. The van der Waals surface area contributed by atoms with Gasteiger partial charge in [-0.05, 0) is 37.8 Å². The van der Waals surface area contributed by atoms with Gasteiger partial charge in [0, 0.05) is 43.1 Å². The largest absolute Gasteiger partial charge is 0.391 e. The quantitative estimate of drug-likeness (QED) is 0.589. The minimum Gasteiger partial charge on any atom is -0.391 e. The van der Waals surface area contributed by atoms with Gasteiger partial charge in [0.05, 0.1) is 6.10 Å². The predicted octanol–water partition coefficient (Wildman–Crippen LogP) is 1.25. The second-order valence-electron chi connectivity index (χ2n) is 5.65. The monoisotopic (exact) mass is 364 g/mol. The average Bonchev–Trinajstić information content (AvgIpc) is 2.48. The van der Waals surface area contributed by atoms with E-state index in [9.17, 15) is 9.90 Å². The number of aliphatic hydroxyl groups is 1. The van der Waals surface area contributed by atoms with Gasteiger partial charge in [-0.3, -0.25) is 9.78 Å². The van der Waals surface area contributed by atoms with Crippen LogP contribution in [-0.4, -0.2) is 41.2 Å². The molecule has 0 aliphatic heterocycles. The topological polar surface area (TPSA) is 100 Å². The summed E-state index contributed by atoms with van der Waals surface area (Å²) in [5, 5.41) is 15.9. The molecule has 1 fully saturated rings. The van der Waals surface area contributed by atoms with E-state index in [-0.39, 0.29) is 42.7 Å². The molecule has 6 nitrogen and oxygen atoms in total. The van der Waals surface area contributed by atoms with Crippen molar-refractivity contribution in [2.45, 2.75) is 38.3 Å². The molecule has 8 heteroatoms. The summed E-state index contributed by atoms with van der Waals surface area (Å²) >= 11 is 0. The van der Waals surface area contributed by atoms with Gasteiger partial charge in [0.15, 0.2) is 0 Å². The molecule has 5 N–H and O–H groups in total. The second kappa shape index (κ2) is 10.6. The lowest BCUT2D eigenvalue weighted by Crippen LogP contribution is -2.45. The summed E-state index contributed by atoms with van der Waals surface area (Å²) in [6.07, 6.45) is 4.89. The minimum atomic E-state index is -0.563. The Hall–Kier alpha value is -1.08. The zero-order valence-corrected chi connectivity index (χ0v) is 14.8. The number of nitrogens with one attached hydrogen (secondary N) is 2. The van der Waals surface area contributed by atoms with Crippen molar-refractivity contribution in [2.24, 2.45) is 11.7 Å². The minimum absolute atomic E-state index is 0. The summed E-state index contributed by atoms with van der Waals surface area (Å²) in [5.74, 6) is -0.114. The molecule has 0 radical (unpaired) electrons. The van der Waals surface area contributed by atoms with Crippen molar-refractivity contribution in [3.63, 3.8) is 0 Å². The molecule has 1 aliphatic carbocycles. The van der Waals surface area contributed by atoms with Crippen LogP contribution >= 0.6 is 24.8 Å². The van der Waals surface area contributed by atoms with Crippen molar-refractivity contribution in [3.8, 4) is 0 Å². The molecule has 1 aromatic heterocycles. The first-order valence-corrected chi connectivity index (χ1v) is 7.43. The highest BCUT2D eigenvalue weighted by Crippen LogP contribution is 2.23. The maximum absolute atomic E-state index is 12.0. The summed E-state index contributed by atoms with van der Waals surface area (Å²) in [6, 6.07) is 1.72. The zero-order valence-electron chi connectivity index (χ0n) is 13.2. The lowest BCUT2D eigenvalue weighted by Gasteiger charge is -2.29. The molecule has 0 unspecified atom stereocenters. The Morgan fingerprint density at radius 3 is 2.78 bits per heavy atom. The molecular weight excluding hydrogens is 339 g/mol. The number of carbonyl (C=O) groups is 1. The maximum Gasteiger partial charge on any atom is 0.223 e. The number of hydrogen-bond acceptors (Lipinski definition) is 5. The number of aromatic nitrogens is 1. The van der Waals surface area contributed by atoms with Crippen molar-refractivity contribution in [1.82, 2.24) is 10.3 Å². The van der Waals surface area contributed by atoms with E-state index in [0.717, 1.165) is 17.7 Å². The van der Waals surface area contributed by atoms with E-state index < -0.39 is 6.10 Å². The molecule has 0 bridgehead atoms. The molecule has 0 spiro atoms. The smallest absolute Gasteiger partial charge is 0.223 e. The Balaban J connectivity index is 0.00000242. The second-order valence-corrected chi connectivity index (χ2v) is 5.65. The van der Waals surface area contributed by atoms with E-state index in [1.807, 2.05) is 13.0 Å². The Morgan fingerprint density at radius 1 is 1.39 bits per heavy atom. The van der Waals surface area contributed by atoms with Crippen LogP contribution in [0.1, 0.15) is 24.8 Å². The number of aryl methyl sites for hydroxylation is 1. The maximum atomic E-state index is 12.0. The van der Waals surface area contributed by atoms with Gasteiger partial charge >= 0.3 is 0 Å². The summed E-state index contributed by atoms with van der Waals surface area (Å²) < 4.78 is 0. The van der Waals surface area contributed by atoms with Crippen molar-refractivity contribution in [1.29, 1.82) is 0 Å². The Morgan fingerprint density at radius 2 is 2.13 bits per heavy atom. The summed E-state index contributed by atoms with van der Waals surface area (Å²) in [5.41, 5.74) is 7.85. The van der Waals surface area contributed by atoms with Crippen LogP contribution < -0.4 is 16.4 Å². The van der Waals surface area contributed by atoms with E-state index in [0.29, 0.717) is 25.9 Å². The van der Waals surface area contributed by atoms with Gasteiger partial charge in [0.2, 0.25) is 5.91 Å². The summed E-state index contributed by atoms with van der Waals surface area (Å²) in [4.78, 5) is 16.1. The molecule has 23 heavy (non-hydrogen) atoms. The van der Waals surface area contributed by atoms with E-state index in [4.69, 9.17) is 5.73 Å². The number of anilines is 1. The zero-order chi connectivity index (χ0) is 15.2. The number of nitrogens with two attached hydrogens (primary N) is 1. The molecule has 0 saturated heterocycles. The average molecular weight is 365 g/mol. The fourth-order valence-electron chi connectivity index (χ4n) is 2.61. The predicted molar refractivity (Wildman–Crippen MR) is 96.3 cm³/mol. The van der Waals surface area contributed by atoms with Gasteiger partial charge < -0.3 is 21.5 Å². The van der Waals surface area contributed by atoms with Crippen molar-refractivity contribution in [2.75, 3.05) is 18.4 Å². The van der Waals surface area contributed by atoms with Gasteiger partial charge in [-0.25, -0.2) is 0 Å². The molecule has 1 aromatic rings. The Kier molecular flexibility index (Phi) is 10.1. The number of rotatable bonds is 5. The van der Waals surface area contributed by atoms with Crippen LogP contribution in [-0.2, 0) is 4.79 Å². The van der Waals surface area contributed by atoms with Crippen LogP contribution in [0, 0.1) is 12.8 Å². The van der Waals surface area contributed by atoms with Crippen LogP contribution in [0.2, 0.25) is 0 Å². The standard InChI is InChI=1S/C15H24N4O2.2ClH/c1-10-9-17-5-4-13(10)18-6-7-19-15(21)11-2-3-12(16)14(20)8-11;;/h4-5,9,11-12,14,20H,2-3,6-8,16H2,1H3,(H,17,18)(H,19,21);2*1H/t11-,12-,14-;;/m0../s1. The van der Waals surface area contributed by atoms with Crippen LogP contribution in [0.25, 0.3) is 0 Å². The van der Waals surface area contributed by atoms with Gasteiger partial charge in [0.25, 0.3) is 0 Å². The van der Waals surface area contributed by atoms with Crippen LogP contribution in [0.4, 0.5) is 5.69 Å². The Bertz CT molecular complexity index is 490. The third kappa shape index (κ3) is 6.51. The molecule has 0 aromatic carbocycles. The molecule has 3 atom stereocenters. The van der Waals surface area contributed by atoms with E-state index in [1.54, 1.807) is 12.4 Å². The van der Waals surface area contributed by atoms with Gasteiger partial charge in [-0.1, -0.05) is 0 Å². The molecule has 132 valence electrons. The number of amides is 1. The lowest BCUT2D eigenvalue weighted by molar-refractivity contribution is -0.127. The fourth-order valence-corrected chi connectivity index (χ4v) is 2.61. The third-order valence-corrected chi connectivity index (χ3v) is 4.00. The first kappa shape index (κ1) is 21.9.